The molecule has 1 aromatic carbocycles. The predicted molar refractivity (Wildman–Crippen MR) is 111 cm³/mol. The van der Waals surface area contributed by atoms with Crippen molar-refractivity contribution in [3.8, 4) is 0 Å². The summed E-state index contributed by atoms with van der Waals surface area (Å²) in [5.74, 6) is 0.762. The van der Waals surface area contributed by atoms with E-state index in [9.17, 15) is 4.79 Å². The van der Waals surface area contributed by atoms with Gasteiger partial charge >= 0.3 is 0 Å². The fraction of sp³-hybridized carbons (Fsp3) is 0.350. The van der Waals surface area contributed by atoms with Gasteiger partial charge in [-0.2, -0.15) is 0 Å². The minimum Gasteiger partial charge on any atom is -0.323 e. The van der Waals surface area contributed by atoms with Gasteiger partial charge in [0, 0.05) is 4.88 Å². The number of thiazole rings is 1. The van der Waals surface area contributed by atoms with Crippen molar-refractivity contribution >= 4 is 43.1 Å². The lowest BCUT2D eigenvalue weighted by molar-refractivity contribution is -0.924. The summed E-state index contributed by atoms with van der Waals surface area (Å²) >= 11 is 3.44. The number of rotatable bonds is 4. The predicted octanol–water partition coefficient (Wildman–Crippen LogP) is 2.86. The third kappa shape index (κ3) is 2.90. The molecule has 0 radical (unpaired) electrons. The van der Waals surface area contributed by atoms with E-state index in [1.165, 1.54) is 20.0 Å². The topological polar surface area (TPSA) is 63.1 Å². The summed E-state index contributed by atoms with van der Waals surface area (Å²) in [6, 6.07) is 8.47. The van der Waals surface area contributed by atoms with Crippen molar-refractivity contribution in [2.24, 2.45) is 0 Å². The molecule has 0 saturated heterocycles. The van der Waals surface area contributed by atoms with Crippen LogP contribution >= 0.6 is 22.7 Å². The van der Waals surface area contributed by atoms with Gasteiger partial charge in [0.1, 0.15) is 17.4 Å². The average molecular weight is 398 g/mol. The van der Waals surface area contributed by atoms with Gasteiger partial charge in [0.05, 0.1) is 22.7 Å². The maximum Gasteiger partial charge on any atom is 0.260 e. The highest BCUT2D eigenvalue weighted by Gasteiger charge is 2.24. The zero-order valence-electron chi connectivity index (χ0n) is 15.3. The smallest absolute Gasteiger partial charge is 0.260 e. The van der Waals surface area contributed by atoms with Crippen LogP contribution in [0, 0.1) is 0 Å². The van der Waals surface area contributed by atoms with Crippen LogP contribution < -0.4 is 10.5 Å². The lowest BCUT2D eigenvalue weighted by atomic mass is 10.2. The van der Waals surface area contributed by atoms with Crippen LogP contribution in [-0.2, 0) is 19.4 Å². The first-order valence-electron chi connectivity index (χ1n) is 9.31. The molecule has 1 unspecified atom stereocenters. The lowest BCUT2D eigenvalue weighted by Crippen LogP contribution is -3.07. The Balaban J connectivity index is 1.43. The lowest BCUT2D eigenvalue weighted by Gasteiger charge is -2.19. The number of benzene rings is 1. The molecule has 5 nitrogen and oxygen atoms in total. The van der Waals surface area contributed by atoms with Gasteiger partial charge in [0.25, 0.3) is 5.56 Å². The normalized spacial score (nSPS) is 16.1. The Labute approximate surface area is 164 Å². The number of para-hydroxylation sites is 1. The van der Waals surface area contributed by atoms with E-state index >= 15 is 0 Å². The van der Waals surface area contributed by atoms with Crippen LogP contribution in [0.15, 0.2) is 29.1 Å². The fourth-order valence-corrected chi connectivity index (χ4v) is 6.23. The molecule has 0 bridgehead atoms. The molecule has 0 saturated carbocycles. The Hall–Kier alpha value is -2.09. The van der Waals surface area contributed by atoms with Crippen LogP contribution in [-0.4, -0.2) is 22.0 Å². The summed E-state index contributed by atoms with van der Waals surface area (Å²) in [4.78, 5) is 28.8. The van der Waals surface area contributed by atoms with Crippen LogP contribution in [0.2, 0.25) is 0 Å². The number of aromatic nitrogens is 3. The third-order valence-electron chi connectivity index (χ3n) is 5.49. The molecule has 27 heavy (non-hydrogen) atoms. The third-order valence-corrected chi connectivity index (χ3v) is 7.90. The summed E-state index contributed by atoms with van der Waals surface area (Å²) in [5.41, 5.74) is 2.31. The summed E-state index contributed by atoms with van der Waals surface area (Å²) in [6.07, 6.45) is 3.26. The quantitative estimate of drug-likeness (QED) is 0.557. The van der Waals surface area contributed by atoms with Crippen molar-refractivity contribution in [2.45, 2.75) is 38.8 Å². The van der Waals surface area contributed by atoms with Gasteiger partial charge in [-0.15, -0.1) is 22.7 Å². The molecular formula is C20H21N4OS2+. The average Bonchev–Trinajstić information content (AvgIpc) is 3.33. The standard InChI is InChI=1S/C20H20N4OS2/c1-11(19-21-13-7-3-4-8-15(13)27-19)24(2)10-16-22-18(25)17-12-6-5-9-14(12)26-20(17)23-16/h3-4,7-8,11H,5-6,9-10H2,1-2H3,(H,22,23,25)/p+1/t11-/m0/s1. The Kier molecular flexibility index (Phi) is 4.11. The second kappa shape index (κ2) is 6.51. The first kappa shape index (κ1) is 17.0. The van der Waals surface area contributed by atoms with Gasteiger partial charge < -0.3 is 9.88 Å². The molecule has 0 fully saturated rings. The molecule has 2 N–H and O–H groups in total. The maximum atomic E-state index is 12.7. The summed E-state index contributed by atoms with van der Waals surface area (Å²) in [5, 5.41) is 1.94. The number of nitrogens with one attached hydrogen (secondary N) is 2. The minimum absolute atomic E-state index is 0.0230. The summed E-state index contributed by atoms with van der Waals surface area (Å²) in [6.45, 7) is 2.86. The Morgan fingerprint density at radius 1 is 1.22 bits per heavy atom. The molecule has 1 aliphatic carbocycles. The van der Waals surface area contributed by atoms with Crippen molar-refractivity contribution < 1.29 is 4.90 Å². The van der Waals surface area contributed by atoms with Crippen molar-refractivity contribution in [3.05, 3.63) is 55.9 Å². The zero-order chi connectivity index (χ0) is 18.5. The maximum absolute atomic E-state index is 12.7. The summed E-state index contributed by atoms with van der Waals surface area (Å²) in [7, 11) is 2.13. The number of hydrogen-bond acceptors (Lipinski definition) is 5. The Bertz CT molecular complexity index is 1170. The molecule has 1 aliphatic rings. The first-order chi connectivity index (χ1) is 13.1. The van der Waals surface area contributed by atoms with Crippen molar-refractivity contribution in [2.75, 3.05) is 7.05 Å². The number of H-pyrrole nitrogens is 1. The van der Waals surface area contributed by atoms with E-state index in [1.807, 2.05) is 12.1 Å². The molecule has 3 heterocycles. The van der Waals surface area contributed by atoms with E-state index in [1.54, 1.807) is 22.7 Å². The highest BCUT2D eigenvalue weighted by molar-refractivity contribution is 7.19. The SMILES string of the molecule is C[C@@H](c1nc2ccccc2s1)[NH+](C)Cc1nc2sc3c(c2c(=O)[nH]1)CCC3. The largest absolute Gasteiger partial charge is 0.323 e. The number of nitrogens with zero attached hydrogens (tertiary/aromatic N) is 2. The molecule has 0 spiro atoms. The van der Waals surface area contributed by atoms with Crippen molar-refractivity contribution in [3.63, 3.8) is 0 Å². The number of quaternary nitrogens is 1. The van der Waals surface area contributed by atoms with E-state index in [2.05, 4.69) is 31.1 Å². The van der Waals surface area contributed by atoms with Gasteiger partial charge in [-0.3, -0.25) is 4.79 Å². The van der Waals surface area contributed by atoms with Gasteiger partial charge in [0.2, 0.25) is 0 Å². The van der Waals surface area contributed by atoms with Crippen LogP contribution in [0.4, 0.5) is 0 Å². The first-order valence-corrected chi connectivity index (χ1v) is 10.9. The van der Waals surface area contributed by atoms with E-state index in [-0.39, 0.29) is 11.6 Å². The molecule has 4 aromatic rings. The highest BCUT2D eigenvalue weighted by atomic mass is 32.1. The highest BCUT2D eigenvalue weighted by Crippen LogP contribution is 2.34. The molecular weight excluding hydrogens is 376 g/mol. The van der Waals surface area contributed by atoms with E-state index in [0.29, 0.717) is 6.54 Å². The van der Waals surface area contributed by atoms with Gasteiger partial charge in [-0.05, 0) is 43.9 Å². The van der Waals surface area contributed by atoms with Crippen LogP contribution in [0.25, 0.3) is 20.4 Å². The van der Waals surface area contributed by atoms with E-state index in [0.717, 1.165) is 45.8 Å². The minimum atomic E-state index is 0.0230. The fourth-order valence-electron chi connectivity index (χ4n) is 3.83. The molecule has 138 valence electrons. The summed E-state index contributed by atoms with van der Waals surface area (Å²) < 4.78 is 1.22. The monoisotopic (exact) mass is 397 g/mol. The number of aryl methyl sites for hydroxylation is 2. The molecule has 3 aromatic heterocycles. The Morgan fingerprint density at radius 2 is 2.07 bits per heavy atom. The zero-order valence-corrected chi connectivity index (χ0v) is 17.0. The van der Waals surface area contributed by atoms with E-state index in [4.69, 9.17) is 9.97 Å². The number of fused-ring (bicyclic) bond motifs is 4. The molecule has 5 rings (SSSR count). The van der Waals surface area contributed by atoms with E-state index < -0.39 is 0 Å². The van der Waals surface area contributed by atoms with Crippen molar-refractivity contribution in [1.29, 1.82) is 0 Å². The number of aromatic amines is 1. The number of hydrogen-bond donors (Lipinski definition) is 2. The second-order valence-corrected chi connectivity index (χ2v) is 9.46. The van der Waals surface area contributed by atoms with Gasteiger partial charge in [-0.25, -0.2) is 9.97 Å². The Morgan fingerprint density at radius 3 is 2.93 bits per heavy atom. The molecule has 0 amide bonds. The van der Waals surface area contributed by atoms with Gasteiger partial charge in [0.15, 0.2) is 10.8 Å². The molecule has 2 atom stereocenters. The van der Waals surface area contributed by atoms with Crippen LogP contribution in [0.3, 0.4) is 0 Å². The van der Waals surface area contributed by atoms with Crippen LogP contribution in [0.5, 0.6) is 0 Å². The molecule has 7 heteroatoms. The van der Waals surface area contributed by atoms with Crippen molar-refractivity contribution in [1.82, 2.24) is 15.0 Å². The van der Waals surface area contributed by atoms with Crippen LogP contribution in [0.1, 0.15) is 40.7 Å². The molecule has 0 aliphatic heterocycles. The van der Waals surface area contributed by atoms with Gasteiger partial charge in [-0.1, -0.05) is 12.1 Å². The second-order valence-electron chi connectivity index (χ2n) is 7.31. The number of thiophene rings is 1.